The molecule has 0 saturated carbocycles. The van der Waals surface area contributed by atoms with Gasteiger partial charge in [0.2, 0.25) is 0 Å². The fraction of sp³-hybridized carbons (Fsp3) is 0.200. The Bertz CT molecular complexity index is 614. The van der Waals surface area contributed by atoms with Crippen molar-refractivity contribution in [2.75, 3.05) is 14.2 Å². The van der Waals surface area contributed by atoms with Gasteiger partial charge in [0.05, 0.1) is 19.6 Å². The van der Waals surface area contributed by atoms with Gasteiger partial charge in [-0.25, -0.2) is 0 Å². The first-order chi connectivity index (χ1) is 9.56. The van der Waals surface area contributed by atoms with Crippen molar-refractivity contribution in [2.45, 2.75) is 5.38 Å². The Hall–Kier alpha value is -1.09. The molecule has 0 spiro atoms. The van der Waals surface area contributed by atoms with E-state index in [1.807, 2.05) is 18.2 Å². The van der Waals surface area contributed by atoms with Crippen LogP contribution in [0.5, 0.6) is 11.5 Å². The molecule has 2 nitrogen and oxygen atoms in total. The van der Waals surface area contributed by atoms with Gasteiger partial charge in [0.25, 0.3) is 0 Å². The predicted octanol–water partition coefficient (Wildman–Crippen LogP) is 5.34. The van der Waals surface area contributed by atoms with Crippen LogP contribution >= 0.6 is 34.8 Å². The lowest BCUT2D eigenvalue weighted by molar-refractivity contribution is 0.410. The number of alkyl halides is 1. The third-order valence-electron chi connectivity index (χ3n) is 2.95. The molecule has 1 atom stereocenters. The third-order valence-corrected chi connectivity index (χ3v) is 3.98. The summed E-state index contributed by atoms with van der Waals surface area (Å²) in [6, 6.07) is 10.7. The van der Waals surface area contributed by atoms with E-state index < -0.39 is 5.38 Å². The van der Waals surface area contributed by atoms with Gasteiger partial charge >= 0.3 is 0 Å². The molecule has 0 amide bonds. The molecule has 2 rings (SSSR count). The van der Waals surface area contributed by atoms with Crippen molar-refractivity contribution in [1.82, 2.24) is 0 Å². The van der Waals surface area contributed by atoms with Crippen LogP contribution in [0.25, 0.3) is 0 Å². The zero-order valence-electron chi connectivity index (χ0n) is 11.0. The topological polar surface area (TPSA) is 18.5 Å². The van der Waals surface area contributed by atoms with Gasteiger partial charge in [-0.2, -0.15) is 0 Å². The Balaban J connectivity index is 2.43. The Kier molecular flexibility index (Phi) is 5.03. The van der Waals surface area contributed by atoms with E-state index in [0.717, 1.165) is 11.1 Å². The number of rotatable bonds is 4. The number of halogens is 3. The number of benzene rings is 2. The maximum atomic E-state index is 6.52. The van der Waals surface area contributed by atoms with E-state index in [4.69, 9.17) is 44.3 Å². The maximum absolute atomic E-state index is 6.52. The Labute approximate surface area is 133 Å². The molecule has 0 aliphatic rings. The second-order valence-electron chi connectivity index (χ2n) is 4.14. The van der Waals surface area contributed by atoms with Crippen molar-refractivity contribution in [3.63, 3.8) is 0 Å². The van der Waals surface area contributed by atoms with Crippen LogP contribution in [-0.4, -0.2) is 14.2 Å². The van der Waals surface area contributed by atoms with Crippen LogP contribution in [0, 0.1) is 0 Å². The average molecular weight is 332 g/mol. The molecule has 5 heteroatoms. The molecule has 20 heavy (non-hydrogen) atoms. The molecule has 0 fully saturated rings. The van der Waals surface area contributed by atoms with Gasteiger partial charge in [0.15, 0.2) is 0 Å². The monoisotopic (exact) mass is 330 g/mol. The summed E-state index contributed by atoms with van der Waals surface area (Å²) in [5.41, 5.74) is 1.60. The molecule has 0 bridgehead atoms. The van der Waals surface area contributed by atoms with E-state index in [-0.39, 0.29) is 0 Å². The zero-order chi connectivity index (χ0) is 14.7. The minimum atomic E-state index is -0.430. The van der Waals surface area contributed by atoms with Crippen LogP contribution in [0.3, 0.4) is 0 Å². The molecule has 0 aliphatic heterocycles. The quantitative estimate of drug-likeness (QED) is 0.704. The van der Waals surface area contributed by atoms with Crippen molar-refractivity contribution >= 4 is 34.8 Å². The van der Waals surface area contributed by atoms with Gasteiger partial charge in [0.1, 0.15) is 11.5 Å². The second-order valence-corrected chi connectivity index (χ2v) is 5.42. The summed E-state index contributed by atoms with van der Waals surface area (Å²) in [5, 5.41) is 0.706. The van der Waals surface area contributed by atoms with Crippen molar-refractivity contribution in [2.24, 2.45) is 0 Å². The molecule has 106 valence electrons. The largest absolute Gasteiger partial charge is 0.497 e. The van der Waals surface area contributed by atoms with Crippen LogP contribution in [-0.2, 0) is 0 Å². The molecule has 0 saturated heterocycles. The first-order valence-electron chi connectivity index (χ1n) is 5.87. The predicted molar refractivity (Wildman–Crippen MR) is 83.7 cm³/mol. The molecule has 0 aromatic heterocycles. The lowest BCUT2D eigenvalue weighted by Gasteiger charge is -2.16. The van der Waals surface area contributed by atoms with Gasteiger partial charge in [-0.15, -0.1) is 11.6 Å². The van der Waals surface area contributed by atoms with Crippen molar-refractivity contribution in [3.05, 3.63) is 57.6 Å². The van der Waals surface area contributed by atoms with Gasteiger partial charge in [-0.3, -0.25) is 0 Å². The summed E-state index contributed by atoms with van der Waals surface area (Å²) in [4.78, 5) is 0. The summed E-state index contributed by atoms with van der Waals surface area (Å²) in [5.74, 6) is 1.31. The van der Waals surface area contributed by atoms with E-state index in [9.17, 15) is 0 Å². The van der Waals surface area contributed by atoms with E-state index in [2.05, 4.69) is 0 Å². The van der Waals surface area contributed by atoms with Crippen LogP contribution in [0.1, 0.15) is 16.5 Å². The molecular weight excluding hydrogens is 319 g/mol. The number of hydrogen-bond donors (Lipinski definition) is 0. The number of ether oxygens (including phenoxy) is 2. The highest BCUT2D eigenvalue weighted by molar-refractivity contribution is 6.33. The van der Waals surface area contributed by atoms with E-state index in [1.54, 1.807) is 32.4 Å². The smallest absolute Gasteiger partial charge is 0.125 e. The molecule has 0 radical (unpaired) electrons. The van der Waals surface area contributed by atoms with Crippen LogP contribution in [0.2, 0.25) is 10.0 Å². The third kappa shape index (κ3) is 3.14. The van der Waals surface area contributed by atoms with Crippen molar-refractivity contribution in [1.29, 1.82) is 0 Å². The first-order valence-corrected chi connectivity index (χ1v) is 7.07. The fourth-order valence-electron chi connectivity index (χ4n) is 1.90. The lowest BCUT2D eigenvalue weighted by atomic mass is 10.0. The van der Waals surface area contributed by atoms with E-state index >= 15 is 0 Å². The number of methoxy groups -OCH3 is 2. The molecular formula is C15H13Cl3O2. The normalized spacial score (nSPS) is 12.1. The first kappa shape index (κ1) is 15.3. The summed E-state index contributed by atoms with van der Waals surface area (Å²) >= 11 is 18.7. The van der Waals surface area contributed by atoms with Crippen molar-refractivity contribution < 1.29 is 9.47 Å². The molecule has 0 N–H and O–H groups in total. The van der Waals surface area contributed by atoms with Gasteiger partial charge < -0.3 is 9.47 Å². The van der Waals surface area contributed by atoms with Crippen LogP contribution in [0.4, 0.5) is 0 Å². The minimum Gasteiger partial charge on any atom is -0.497 e. The van der Waals surface area contributed by atoms with Crippen LogP contribution in [0.15, 0.2) is 36.4 Å². The van der Waals surface area contributed by atoms with Gasteiger partial charge in [-0.1, -0.05) is 35.3 Å². The molecule has 0 aliphatic carbocycles. The van der Waals surface area contributed by atoms with Crippen molar-refractivity contribution in [3.8, 4) is 11.5 Å². The summed E-state index contributed by atoms with van der Waals surface area (Å²) < 4.78 is 10.4. The minimum absolute atomic E-state index is 0.430. The van der Waals surface area contributed by atoms with E-state index in [0.29, 0.717) is 21.5 Å². The van der Waals surface area contributed by atoms with E-state index in [1.165, 1.54) is 0 Å². The summed E-state index contributed by atoms with van der Waals surface area (Å²) in [6.45, 7) is 0. The highest BCUT2D eigenvalue weighted by Gasteiger charge is 2.19. The lowest BCUT2D eigenvalue weighted by Crippen LogP contribution is -1.98. The molecule has 2 aromatic carbocycles. The highest BCUT2D eigenvalue weighted by Crippen LogP contribution is 2.40. The standard InChI is InChI=1S/C15H13Cl3O2/c1-19-10-4-6-11(13(17)8-10)15(18)12-5-3-9(16)7-14(12)20-2/h3-8,15H,1-2H3. The van der Waals surface area contributed by atoms with Crippen LogP contribution < -0.4 is 9.47 Å². The maximum Gasteiger partial charge on any atom is 0.125 e. The Morgan fingerprint density at radius 2 is 1.60 bits per heavy atom. The molecule has 0 heterocycles. The Morgan fingerprint density at radius 1 is 0.900 bits per heavy atom. The van der Waals surface area contributed by atoms with Gasteiger partial charge in [-0.05, 0) is 29.8 Å². The molecule has 1 unspecified atom stereocenters. The number of hydrogen-bond acceptors (Lipinski definition) is 2. The summed E-state index contributed by atoms with van der Waals surface area (Å²) in [7, 11) is 3.17. The average Bonchev–Trinajstić information content (AvgIpc) is 2.46. The zero-order valence-corrected chi connectivity index (χ0v) is 13.3. The SMILES string of the molecule is COc1ccc(C(Cl)c2ccc(Cl)cc2OC)c(Cl)c1. The Morgan fingerprint density at radius 3 is 2.20 bits per heavy atom. The fourth-order valence-corrected chi connectivity index (χ4v) is 2.77. The summed E-state index contributed by atoms with van der Waals surface area (Å²) in [6.07, 6.45) is 0. The van der Waals surface area contributed by atoms with Gasteiger partial charge in [0, 0.05) is 15.6 Å². The second kappa shape index (κ2) is 6.57. The molecule has 2 aromatic rings. The highest BCUT2D eigenvalue weighted by atomic mass is 35.5.